The molecule has 0 unspecified atom stereocenters. The van der Waals surface area contributed by atoms with Crippen LogP contribution in [0.4, 0.5) is 10.2 Å². The predicted molar refractivity (Wildman–Crippen MR) is 112 cm³/mol. The molecule has 0 N–H and O–H groups in total. The Labute approximate surface area is 177 Å². The van der Waals surface area contributed by atoms with Gasteiger partial charge in [-0.3, -0.25) is 4.79 Å². The molecule has 2 heterocycles. The summed E-state index contributed by atoms with van der Waals surface area (Å²) in [5, 5.41) is 0.791. The van der Waals surface area contributed by atoms with Crippen molar-refractivity contribution >= 4 is 34.9 Å². The van der Waals surface area contributed by atoms with Crippen LogP contribution in [-0.2, 0) is 0 Å². The first-order valence-electron chi connectivity index (χ1n) is 9.08. The van der Waals surface area contributed by atoms with Crippen LogP contribution in [0, 0.1) is 5.82 Å². The normalized spacial score (nSPS) is 14.2. The third-order valence-corrected chi connectivity index (χ3v) is 5.59. The summed E-state index contributed by atoms with van der Waals surface area (Å²) >= 11 is 12.0. The molecule has 1 aromatic heterocycles. The van der Waals surface area contributed by atoms with Crippen molar-refractivity contribution in [2.24, 2.45) is 0 Å². The second-order valence-electron chi connectivity index (χ2n) is 6.68. The van der Waals surface area contributed by atoms with Gasteiger partial charge >= 0.3 is 0 Å². The van der Waals surface area contributed by atoms with Gasteiger partial charge in [0.05, 0.1) is 15.7 Å². The molecule has 0 atom stereocenters. The maximum Gasteiger partial charge on any atom is 0.254 e. The molecule has 0 aliphatic carbocycles. The molecule has 1 amide bonds. The molecular formula is C21H17Cl2FN4O. The standard InChI is InChI=1S/C21H17Cl2FN4O/c22-17-6-3-15(11-18(17)23)21(29)28-9-7-27(8-10-28)20-12-19(25-13-26-20)14-1-4-16(24)5-2-14/h1-6,11-13H,7-10H2. The molecule has 5 nitrogen and oxygen atoms in total. The van der Waals surface area contributed by atoms with Gasteiger partial charge in [-0.05, 0) is 42.5 Å². The van der Waals surface area contributed by atoms with Gasteiger partial charge in [-0.2, -0.15) is 0 Å². The molecule has 0 spiro atoms. The molecular weight excluding hydrogens is 414 g/mol. The summed E-state index contributed by atoms with van der Waals surface area (Å²) in [5.74, 6) is 0.421. The number of nitrogens with zero attached hydrogens (tertiary/aromatic N) is 4. The molecule has 0 radical (unpaired) electrons. The second-order valence-corrected chi connectivity index (χ2v) is 7.49. The van der Waals surface area contributed by atoms with E-state index in [4.69, 9.17) is 23.2 Å². The van der Waals surface area contributed by atoms with Crippen molar-refractivity contribution in [3.05, 3.63) is 76.3 Å². The van der Waals surface area contributed by atoms with Crippen LogP contribution in [0.3, 0.4) is 0 Å². The minimum absolute atomic E-state index is 0.0714. The highest BCUT2D eigenvalue weighted by atomic mass is 35.5. The fraction of sp³-hybridized carbons (Fsp3) is 0.190. The topological polar surface area (TPSA) is 49.3 Å². The zero-order valence-corrected chi connectivity index (χ0v) is 16.9. The quantitative estimate of drug-likeness (QED) is 0.611. The number of benzene rings is 2. The lowest BCUT2D eigenvalue weighted by molar-refractivity contribution is 0.0746. The minimum Gasteiger partial charge on any atom is -0.353 e. The maximum absolute atomic E-state index is 13.2. The molecule has 148 valence electrons. The summed E-state index contributed by atoms with van der Waals surface area (Å²) in [6, 6.07) is 13.0. The lowest BCUT2D eigenvalue weighted by Crippen LogP contribution is -2.49. The number of carbonyl (C=O) groups is 1. The molecule has 3 aromatic rings. The van der Waals surface area contributed by atoms with Crippen LogP contribution in [0.15, 0.2) is 54.9 Å². The van der Waals surface area contributed by atoms with Crippen LogP contribution in [0.25, 0.3) is 11.3 Å². The number of amides is 1. The third kappa shape index (κ3) is 4.33. The predicted octanol–water partition coefficient (Wildman–Crippen LogP) is 4.55. The van der Waals surface area contributed by atoms with E-state index in [1.165, 1.54) is 18.5 Å². The van der Waals surface area contributed by atoms with Crippen LogP contribution in [0.5, 0.6) is 0 Å². The number of anilines is 1. The number of aromatic nitrogens is 2. The van der Waals surface area contributed by atoms with Gasteiger partial charge in [0.25, 0.3) is 5.91 Å². The highest BCUT2D eigenvalue weighted by Gasteiger charge is 2.23. The van der Waals surface area contributed by atoms with E-state index in [-0.39, 0.29) is 11.7 Å². The first kappa shape index (κ1) is 19.6. The molecule has 4 rings (SSSR count). The van der Waals surface area contributed by atoms with Crippen molar-refractivity contribution in [3.8, 4) is 11.3 Å². The van der Waals surface area contributed by atoms with Crippen molar-refractivity contribution in [1.29, 1.82) is 0 Å². The summed E-state index contributed by atoms with van der Waals surface area (Å²) in [5.41, 5.74) is 2.07. The summed E-state index contributed by atoms with van der Waals surface area (Å²) in [4.78, 5) is 25.3. The minimum atomic E-state index is -0.286. The van der Waals surface area contributed by atoms with Crippen LogP contribution < -0.4 is 4.90 Å². The molecule has 1 saturated heterocycles. The summed E-state index contributed by atoms with van der Waals surface area (Å²) in [6.45, 7) is 2.42. The van der Waals surface area contributed by atoms with E-state index in [2.05, 4.69) is 14.9 Å². The Balaban J connectivity index is 1.44. The van der Waals surface area contributed by atoms with Crippen molar-refractivity contribution in [2.45, 2.75) is 0 Å². The Bertz CT molecular complexity index is 1040. The summed E-state index contributed by atoms with van der Waals surface area (Å²) in [7, 11) is 0. The van der Waals surface area contributed by atoms with Gasteiger partial charge in [0.1, 0.15) is 18.0 Å². The van der Waals surface area contributed by atoms with Gasteiger partial charge in [-0.1, -0.05) is 23.2 Å². The van der Waals surface area contributed by atoms with E-state index < -0.39 is 0 Å². The van der Waals surface area contributed by atoms with Crippen LogP contribution >= 0.6 is 23.2 Å². The molecule has 1 aliphatic rings. The van der Waals surface area contributed by atoms with Crippen LogP contribution in [0.1, 0.15) is 10.4 Å². The monoisotopic (exact) mass is 430 g/mol. The van der Waals surface area contributed by atoms with Crippen LogP contribution in [0.2, 0.25) is 10.0 Å². The Kier molecular flexibility index (Phi) is 5.65. The van der Waals surface area contributed by atoms with Gasteiger partial charge in [-0.15, -0.1) is 0 Å². The molecule has 0 bridgehead atoms. The Morgan fingerprint density at radius 3 is 2.31 bits per heavy atom. The first-order chi connectivity index (χ1) is 14.0. The Hall–Kier alpha value is -2.70. The highest BCUT2D eigenvalue weighted by Crippen LogP contribution is 2.25. The van der Waals surface area contributed by atoms with Gasteiger partial charge in [0, 0.05) is 43.4 Å². The zero-order valence-electron chi connectivity index (χ0n) is 15.4. The average Bonchev–Trinajstić information content (AvgIpc) is 2.76. The van der Waals surface area contributed by atoms with Crippen molar-refractivity contribution in [1.82, 2.24) is 14.9 Å². The highest BCUT2D eigenvalue weighted by molar-refractivity contribution is 6.42. The first-order valence-corrected chi connectivity index (χ1v) is 9.84. The molecule has 1 aliphatic heterocycles. The fourth-order valence-corrected chi connectivity index (χ4v) is 3.55. The molecule has 1 fully saturated rings. The average molecular weight is 431 g/mol. The lowest BCUT2D eigenvalue weighted by atomic mass is 10.1. The van der Waals surface area contributed by atoms with Gasteiger partial charge in [0.2, 0.25) is 0 Å². The number of piperazine rings is 1. The lowest BCUT2D eigenvalue weighted by Gasteiger charge is -2.35. The fourth-order valence-electron chi connectivity index (χ4n) is 3.25. The Morgan fingerprint density at radius 1 is 0.897 bits per heavy atom. The second kappa shape index (κ2) is 8.35. The van der Waals surface area contributed by atoms with E-state index in [0.29, 0.717) is 41.8 Å². The van der Waals surface area contributed by atoms with E-state index in [9.17, 15) is 9.18 Å². The Morgan fingerprint density at radius 2 is 1.62 bits per heavy atom. The maximum atomic E-state index is 13.2. The molecule has 2 aromatic carbocycles. The van der Waals surface area contributed by atoms with Crippen molar-refractivity contribution in [3.63, 3.8) is 0 Å². The third-order valence-electron chi connectivity index (χ3n) is 4.85. The van der Waals surface area contributed by atoms with E-state index in [1.807, 2.05) is 6.07 Å². The van der Waals surface area contributed by atoms with Gasteiger partial charge in [-0.25, -0.2) is 14.4 Å². The summed E-state index contributed by atoms with van der Waals surface area (Å²) in [6.07, 6.45) is 1.50. The number of carbonyl (C=O) groups excluding carboxylic acids is 1. The number of halogens is 3. The number of hydrogen-bond acceptors (Lipinski definition) is 4. The summed E-state index contributed by atoms with van der Waals surface area (Å²) < 4.78 is 13.2. The SMILES string of the molecule is O=C(c1ccc(Cl)c(Cl)c1)N1CCN(c2cc(-c3ccc(F)cc3)ncn2)CC1. The molecule has 0 saturated carbocycles. The smallest absolute Gasteiger partial charge is 0.254 e. The molecule has 8 heteroatoms. The largest absolute Gasteiger partial charge is 0.353 e. The van der Waals surface area contributed by atoms with E-state index in [1.54, 1.807) is 35.2 Å². The van der Waals surface area contributed by atoms with Crippen LogP contribution in [-0.4, -0.2) is 47.0 Å². The zero-order chi connectivity index (χ0) is 20.4. The van der Waals surface area contributed by atoms with Gasteiger partial charge < -0.3 is 9.80 Å². The van der Waals surface area contributed by atoms with E-state index >= 15 is 0 Å². The van der Waals surface area contributed by atoms with Crippen molar-refractivity contribution < 1.29 is 9.18 Å². The van der Waals surface area contributed by atoms with E-state index in [0.717, 1.165) is 17.1 Å². The number of hydrogen-bond donors (Lipinski definition) is 0. The molecule has 29 heavy (non-hydrogen) atoms. The number of rotatable bonds is 3. The van der Waals surface area contributed by atoms with Gasteiger partial charge in [0.15, 0.2) is 0 Å². The van der Waals surface area contributed by atoms with Crippen molar-refractivity contribution in [2.75, 3.05) is 31.1 Å².